The van der Waals surface area contributed by atoms with Gasteiger partial charge in [-0.05, 0) is 31.3 Å². The van der Waals surface area contributed by atoms with Crippen LogP contribution in [0.4, 0.5) is 5.69 Å². The van der Waals surface area contributed by atoms with Gasteiger partial charge in [0.05, 0.1) is 11.4 Å². The molecule has 0 amide bonds. The molecule has 0 radical (unpaired) electrons. The summed E-state index contributed by atoms with van der Waals surface area (Å²) < 4.78 is 30.4. The Bertz CT molecular complexity index is 1370. The summed E-state index contributed by atoms with van der Waals surface area (Å²) in [7, 11) is 1.71. The van der Waals surface area contributed by atoms with Crippen molar-refractivity contribution in [2.75, 3.05) is 11.9 Å². The smallest absolute Gasteiger partial charge is 0.303 e. The number of ether oxygens (including phenoxy) is 5. The summed E-state index contributed by atoms with van der Waals surface area (Å²) in [6, 6.07) is 8.98. The van der Waals surface area contributed by atoms with E-state index < -0.39 is 61.1 Å². The zero-order valence-corrected chi connectivity index (χ0v) is 24.2. The Morgan fingerprint density at radius 3 is 2.02 bits per heavy atom. The molecule has 15 heteroatoms. The highest BCUT2D eigenvalue weighted by atomic mass is 32.1. The lowest BCUT2D eigenvalue weighted by Gasteiger charge is -2.44. The number of hydrogen-bond acceptors (Lipinski definition) is 11. The molecule has 1 aliphatic rings. The van der Waals surface area contributed by atoms with Crippen molar-refractivity contribution >= 4 is 46.9 Å². The number of aromatic nitrogens is 2. The molecular weight excluding hydrogens is 560 g/mol. The maximum absolute atomic E-state index is 13.3. The van der Waals surface area contributed by atoms with Gasteiger partial charge in [-0.2, -0.15) is 0 Å². The number of carbonyl (C=O) groups excluding carboxylic acids is 4. The fourth-order valence-corrected chi connectivity index (χ4v) is 4.55. The molecule has 1 saturated heterocycles. The number of nitrogens with zero attached hydrogens (tertiary/aromatic N) is 2. The molecule has 1 aromatic heterocycles. The van der Waals surface area contributed by atoms with Crippen LogP contribution in [0.2, 0.25) is 0 Å². The quantitative estimate of drug-likeness (QED) is 0.252. The van der Waals surface area contributed by atoms with Gasteiger partial charge in [-0.3, -0.25) is 28.7 Å². The van der Waals surface area contributed by atoms with Crippen molar-refractivity contribution < 1.29 is 42.9 Å². The number of benzene rings is 1. The number of rotatable bonds is 8. The van der Waals surface area contributed by atoms with Gasteiger partial charge in [0.1, 0.15) is 18.4 Å². The van der Waals surface area contributed by atoms with E-state index in [0.29, 0.717) is 11.4 Å². The molecule has 2 heterocycles. The van der Waals surface area contributed by atoms with Crippen LogP contribution >= 0.6 is 12.2 Å². The van der Waals surface area contributed by atoms with E-state index in [2.05, 4.69) is 10.6 Å². The fourth-order valence-electron chi connectivity index (χ4n) is 4.34. The summed E-state index contributed by atoms with van der Waals surface area (Å²) in [5.41, 5.74) is 0.973. The van der Waals surface area contributed by atoms with Crippen molar-refractivity contribution in [1.29, 1.82) is 0 Å². The molecule has 41 heavy (non-hydrogen) atoms. The van der Waals surface area contributed by atoms with Gasteiger partial charge < -0.3 is 34.3 Å². The molecule has 222 valence electrons. The third-order valence-corrected chi connectivity index (χ3v) is 6.28. The minimum absolute atomic E-state index is 0.100. The maximum Gasteiger partial charge on any atom is 0.303 e. The first-order chi connectivity index (χ1) is 19.3. The van der Waals surface area contributed by atoms with E-state index in [9.17, 15) is 24.0 Å². The van der Waals surface area contributed by atoms with Gasteiger partial charge in [0.25, 0.3) is 5.56 Å². The van der Waals surface area contributed by atoms with Crippen molar-refractivity contribution in [3.63, 3.8) is 0 Å². The number of anilines is 1. The van der Waals surface area contributed by atoms with Gasteiger partial charge in [-0.25, -0.2) is 4.68 Å². The predicted molar refractivity (Wildman–Crippen MR) is 147 cm³/mol. The van der Waals surface area contributed by atoms with Crippen LogP contribution in [0.25, 0.3) is 5.69 Å². The fraction of sp³-hybridized carbons (Fsp3) is 0.462. The van der Waals surface area contributed by atoms with Crippen molar-refractivity contribution in [1.82, 2.24) is 14.7 Å². The van der Waals surface area contributed by atoms with Crippen molar-refractivity contribution in [3.05, 3.63) is 46.4 Å². The summed E-state index contributed by atoms with van der Waals surface area (Å²) in [6.45, 7) is 5.88. The summed E-state index contributed by atoms with van der Waals surface area (Å²) >= 11 is 5.46. The van der Waals surface area contributed by atoms with Crippen molar-refractivity contribution in [3.8, 4) is 5.69 Å². The third kappa shape index (κ3) is 7.70. The second-order valence-electron chi connectivity index (χ2n) is 9.15. The minimum atomic E-state index is -1.37. The molecule has 2 aromatic rings. The highest BCUT2D eigenvalue weighted by Gasteiger charge is 2.52. The van der Waals surface area contributed by atoms with E-state index in [4.69, 9.17) is 35.9 Å². The van der Waals surface area contributed by atoms with Gasteiger partial charge in [-0.15, -0.1) is 0 Å². The molecule has 2 N–H and O–H groups in total. The molecule has 0 spiro atoms. The number of nitrogens with one attached hydrogen (secondary N) is 2. The lowest BCUT2D eigenvalue weighted by molar-refractivity contribution is -0.254. The first-order valence-electron chi connectivity index (χ1n) is 12.5. The highest BCUT2D eigenvalue weighted by molar-refractivity contribution is 7.80. The Kier molecular flexibility index (Phi) is 10.2. The van der Waals surface area contributed by atoms with Crippen LogP contribution in [0, 0.1) is 6.92 Å². The summed E-state index contributed by atoms with van der Waals surface area (Å²) in [5, 5.41) is 5.59. The first kappa shape index (κ1) is 31.3. The van der Waals surface area contributed by atoms with Gasteiger partial charge >= 0.3 is 23.9 Å². The van der Waals surface area contributed by atoms with Crippen LogP contribution in [0.1, 0.15) is 33.4 Å². The lowest BCUT2D eigenvalue weighted by atomic mass is 9.97. The average Bonchev–Trinajstić information content (AvgIpc) is 3.09. The Labute approximate surface area is 240 Å². The van der Waals surface area contributed by atoms with Crippen molar-refractivity contribution in [2.45, 2.75) is 65.3 Å². The number of para-hydroxylation sites is 1. The molecule has 5 atom stereocenters. The van der Waals surface area contributed by atoms with E-state index in [1.807, 2.05) is 6.07 Å². The Balaban J connectivity index is 1.95. The van der Waals surface area contributed by atoms with Crippen molar-refractivity contribution in [2.24, 2.45) is 7.05 Å². The van der Waals surface area contributed by atoms with Crippen LogP contribution < -0.4 is 16.2 Å². The normalized spacial score (nSPS) is 21.8. The molecule has 1 aromatic carbocycles. The average molecular weight is 593 g/mol. The minimum Gasteiger partial charge on any atom is -0.463 e. The molecule has 0 saturated carbocycles. The second-order valence-corrected chi connectivity index (χ2v) is 9.56. The van der Waals surface area contributed by atoms with Crippen LogP contribution in [-0.2, 0) is 49.9 Å². The lowest BCUT2D eigenvalue weighted by Crippen LogP contribution is -2.66. The zero-order chi connectivity index (χ0) is 30.4. The number of esters is 4. The van der Waals surface area contributed by atoms with Gasteiger partial charge in [0.2, 0.25) is 0 Å². The second kappa shape index (κ2) is 13.4. The Morgan fingerprint density at radius 2 is 1.46 bits per heavy atom. The topological polar surface area (TPSA) is 165 Å². The van der Waals surface area contributed by atoms with E-state index in [-0.39, 0.29) is 16.4 Å². The van der Waals surface area contributed by atoms with Crippen LogP contribution in [-0.4, -0.2) is 75.6 Å². The van der Waals surface area contributed by atoms with Crippen LogP contribution in [0.5, 0.6) is 0 Å². The molecule has 0 bridgehead atoms. The number of thiocarbonyl (C=S) groups is 1. The Hall–Kier alpha value is -4.24. The highest BCUT2D eigenvalue weighted by Crippen LogP contribution is 2.28. The largest absolute Gasteiger partial charge is 0.463 e. The van der Waals surface area contributed by atoms with Gasteiger partial charge in [0.15, 0.2) is 29.7 Å². The number of hydrogen-bond donors (Lipinski definition) is 2. The van der Waals surface area contributed by atoms with Crippen LogP contribution in [0.15, 0.2) is 35.1 Å². The summed E-state index contributed by atoms with van der Waals surface area (Å²) in [4.78, 5) is 60.8. The predicted octanol–water partition coefficient (Wildman–Crippen LogP) is 0.854. The zero-order valence-electron chi connectivity index (χ0n) is 23.4. The van der Waals surface area contributed by atoms with Gasteiger partial charge in [-0.1, -0.05) is 18.2 Å². The van der Waals surface area contributed by atoms with Crippen LogP contribution in [0.3, 0.4) is 0 Å². The first-order valence-corrected chi connectivity index (χ1v) is 12.9. The van der Waals surface area contributed by atoms with E-state index in [1.54, 1.807) is 42.9 Å². The summed E-state index contributed by atoms with van der Waals surface area (Å²) in [5.74, 6) is -2.91. The molecule has 0 unspecified atom stereocenters. The van der Waals surface area contributed by atoms with E-state index in [0.717, 1.165) is 20.8 Å². The Morgan fingerprint density at radius 1 is 0.902 bits per heavy atom. The van der Waals surface area contributed by atoms with E-state index >= 15 is 0 Å². The SMILES string of the molecule is CC(=O)OC[C@H]1O[C@@H](NC(=S)Nc2c(C)n(C)n(-c3ccccc3)c2=O)[C@H](OC(C)=O)[C@@H](OC(C)=O)[C@@H]1OC(C)=O. The number of carbonyl (C=O) groups is 4. The monoisotopic (exact) mass is 592 g/mol. The molecule has 14 nitrogen and oxygen atoms in total. The standard InChI is InChI=1S/C26H32N4O10S/c1-13-20(25(35)30(29(13)6)18-10-8-7-9-11-18)27-26(41)28-24-23(39-17(5)34)22(38-16(4)33)21(37-15(3)32)19(40-24)12-36-14(2)31/h7-11,19,21-24H,12H2,1-6H3,(H2,27,28,41)/t19-,21-,22+,23-,24-/m1/s1. The van der Waals surface area contributed by atoms with E-state index in [1.165, 1.54) is 11.6 Å². The maximum atomic E-state index is 13.3. The summed E-state index contributed by atoms with van der Waals surface area (Å²) in [6.07, 6.45) is -6.51. The molecule has 3 rings (SSSR count). The molecule has 1 fully saturated rings. The molecular formula is C26H32N4O10S. The van der Waals surface area contributed by atoms with Gasteiger partial charge in [0, 0.05) is 34.7 Å². The molecule has 0 aliphatic carbocycles. The third-order valence-electron chi connectivity index (χ3n) is 6.06. The molecule has 1 aliphatic heterocycles.